The van der Waals surface area contributed by atoms with Crippen LogP contribution in [0.25, 0.3) is 6.08 Å². The number of morpholine rings is 1. The molecule has 0 bridgehead atoms. The minimum Gasteiger partial charge on any atom is -0.379 e. The average Bonchev–Trinajstić information content (AvgIpc) is 2.79. The summed E-state index contributed by atoms with van der Waals surface area (Å²) in [6, 6.07) is 5.19. The number of thioether (sulfide) groups is 1. The van der Waals surface area contributed by atoms with Gasteiger partial charge in [0, 0.05) is 23.1 Å². The molecule has 2 heterocycles. The lowest BCUT2D eigenvalue weighted by Gasteiger charge is -2.29. The minimum atomic E-state index is -0.0856. The number of hydrogen-bond acceptors (Lipinski definition) is 5. The molecular formula is C15H14Cl2N2O2S2. The number of rotatable bonds is 3. The maximum absolute atomic E-state index is 12.6. The topological polar surface area (TPSA) is 32.8 Å². The molecule has 0 N–H and O–H groups in total. The fourth-order valence-corrected chi connectivity index (χ4v) is 4.02. The molecule has 0 radical (unpaired) electrons. The van der Waals surface area contributed by atoms with Crippen molar-refractivity contribution < 1.29 is 9.53 Å². The van der Waals surface area contributed by atoms with Crippen molar-refractivity contribution >= 4 is 63.5 Å². The third-order valence-electron chi connectivity index (χ3n) is 3.57. The van der Waals surface area contributed by atoms with E-state index in [4.69, 9.17) is 40.2 Å². The van der Waals surface area contributed by atoms with Crippen LogP contribution in [0.3, 0.4) is 0 Å². The van der Waals surface area contributed by atoms with Crippen LogP contribution in [0.15, 0.2) is 23.1 Å². The van der Waals surface area contributed by atoms with Crippen molar-refractivity contribution in [2.45, 2.75) is 0 Å². The van der Waals surface area contributed by atoms with E-state index < -0.39 is 0 Å². The van der Waals surface area contributed by atoms with E-state index in [0.29, 0.717) is 39.2 Å². The van der Waals surface area contributed by atoms with Gasteiger partial charge in [-0.25, -0.2) is 0 Å². The number of carbonyl (C=O) groups excluding carboxylic acids is 1. The standard InChI is InChI=1S/C15H14Cl2N2O2S2/c16-11-2-1-10(12(17)8-11)7-13-14(20)19(15(22)23-13)9-18-3-5-21-6-4-18/h1-2,7-8H,3-6,9H2/b13-7+. The molecule has 1 aromatic rings. The van der Waals surface area contributed by atoms with Crippen molar-refractivity contribution in [3.05, 3.63) is 38.7 Å². The van der Waals surface area contributed by atoms with Crippen LogP contribution < -0.4 is 0 Å². The molecule has 0 saturated carbocycles. The Labute approximate surface area is 154 Å². The Morgan fingerprint density at radius 1 is 1.30 bits per heavy atom. The predicted molar refractivity (Wildman–Crippen MR) is 98.7 cm³/mol. The van der Waals surface area contributed by atoms with Crippen molar-refractivity contribution in [3.63, 3.8) is 0 Å². The zero-order valence-corrected chi connectivity index (χ0v) is 15.3. The van der Waals surface area contributed by atoms with Crippen LogP contribution in [0.2, 0.25) is 10.0 Å². The highest BCUT2D eigenvalue weighted by molar-refractivity contribution is 8.26. The predicted octanol–water partition coefficient (Wildman–Crippen LogP) is 3.48. The highest BCUT2D eigenvalue weighted by Gasteiger charge is 2.33. The third-order valence-corrected chi connectivity index (χ3v) is 5.51. The number of ether oxygens (including phenoxy) is 1. The summed E-state index contributed by atoms with van der Waals surface area (Å²) in [5.74, 6) is -0.0856. The van der Waals surface area contributed by atoms with Gasteiger partial charge in [0.1, 0.15) is 4.32 Å². The van der Waals surface area contributed by atoms with Gasteiger partial charge < -0.3 is 4.74 Å². The van der Waals surface area contributed by atoms with Gasteiger partial charge in [0.25, 0.3) is 5.91 Å². The van der Waals surface area contributed by atoms with Gasteiger partial charge in [-0.15, -0.1) is 0 Å². The number of amides is 1. The van der Waals surface area contributed by atoms with Crippen LogP contribution in [0.4, 0.5) is 0 Å². The maximum atomic E-state index is 12.6. The normalized spacial score (nSPS) is 21.5. The van der Waals surface area contributed by atoms with Gasteiger partial charge in [-0.2, -0.15) is 0 Å². The molecule has 8 heteroatoms. The van der Waals surface area contributed by atoms with E-state index in [0.717, 1.165) is 18.7 Å². The molecule has 2 aliphatic rings. The lowest BCUT2D eigenvalue weighted by molar-refractivity contribution is -0.124. The first-order valence-corrected chi connectivity index (χ1v) is 9.03. The molecule has 0 atom stereocenters. The monoisotopic (exact) mass is 388 g/mol. The Morgan fingerprint density at radius 2 is 2.04 bits per heavy atom. The van der Waals surface area contributed by atoms with Gasteiger partial charge in [0.05, 0.1) is 24.8 Å². The molecule has 1 aromatic carbocycles. The van der Waals surface area contributed by atoms with Crippen LogP contribution >= 0.6 is 47.2 Å². The molecule has 2 fully saturated rings. The Kier molecular flexibility index (Phi) is 5.61. The fourth-order valence-electron chi connectivity index (χ4n) is 2.32. The fraction of sp³-hybridized carbons (Fsp3) is 0.333. The second kappa shape index (κ2) is 7.51. The SMILES string of the molecule is O=C1/C(=C\c2ccc(Cl)cc2Cl)SC(=S)N1CN1CCOCC1. The van der Waals surface area contributed by atoms with Crippen LogP contribution in [0.5, 0.6) is 0 Å². The Hall–Kier alpha value is -0.630. The molecule has 0 aliphatic carbocycles. The van der Waals surface area contributed by atoms with E-state index >= 15 is 0 Å². The zero-order valence-electron chi connectivity index (χ0n) is 12.1. The molecule has 0 aromatic heterocycles. The summed E-state index contributed by atoms with van der Waals surface area (Å²) in [5, 5.41) is 1.07. The Morgan fingerprint density at radius 3 is 2.74 bits per heavy atom. The van der Waals surface area contributed by atoms with Gasteiger partial charge in [-0.1, -0.05) is 53.2 Å². The highest BCUT2D eigenvalue weighted by atomic mass is 35.5. The smallest absolute Gasteiger partial charge is 0.267 e. The molecule has 1 amide bonds. The van der Waals surface area contributed by atoms with E-state index in [1.165, 1.54) is 11.8 Å². The minimum absolute atomic E-state index is 0.0856. The number of hydrogen-bond donors (Lipinski definition) is 0. The summed E-state index contributed by atoms with van der Waals surface area (Å²) in [7, 11) is 0. The van der Waals surface area contributed by atoms with Crippen molar-refractivity contribution in [1.82, 2.24) is 9.80 Å². The first kappa shape index (κ1) is 17.2. The number of halogens is 2. The van der Waals surface area contributed by atoms with Crippen molar-refractivity contribution in [3.8, 4) is 0 Å². The highest BCUT2D eigenvalue weighted by Crippen LogP contribution is 2.34. The van der Waals surface area contributed by atoms with Gasteiger partial charge in [0.15, 0.2) is 0 Å². The number of thiocarbonyl (C=S) groups is 1. The van der Waals surface area contributed by atoms with E-state index in [1.54, 1.807) is 29.2 Å². The number of carbonyl (C=O) groups is 1. The molecule has 0 spiro atoms. The van der Waals surface area contributed by atoms with E-state index in [2.05, 4.69) is 4.90 Å². The van der Waals surface area contributed by atoms with Crippen molar-refractivity contribution in [1.29, 1.82) is 0 Å². The van der Waals surface area contributed by atoms with Gasteiger partial charge >= 0.3 is 0 Å². The summed E-state index contributed by atoms with van der Waals surface area (Å²) in [6.07, 6.45) is 1.76. The first-order chi connectivity index (χ1) is 11.0. The van der Waals surface area contributed by atoms with Gasteiger partial charge in [0.2, 0.25) is 0 Å². The largest absolute Gasteiger partial charge is 0.379 e. The average molecular weight is 389 g/mol. The maximum Gasteiger partial charge on any atom is 0.267 e. The lowest BCUT2D eigenvalue weighted by atomic mass is 10.2. The van der Waals surface area contributed by atoms with Crippen LogP contribution in [-0.2, 0) is 9.53 Å². The molecule has 4 nitrogen and oxygen atoms in total. The van der Waals surface area contributed by atoms with Crippen LogP contribution in [0, 0.1) is 0 Å². The van der Waals surface area contributed by atoms with E-state index in [9.17, 15) is 4.79 Å². The zero-order chi connectivity index (χ0) is 16.4. The first-order valence-electron chi connectivity index (χ1n) is 7.05. The number of nitrogens with zero attached hydrogens (tertiary/aromatic N) is 2. The quantitative estimate of drug-likeness (QED) is 0.584. The third kappa shape index (κ3) is 4.07. The summed E-state index contributed by atoms with van der Waals surface area (Å²) in [5.41, 5.74) is 0.753. The van der Waals surface area contributed by atoms with Crippen molar-refractivity contribution in [2.24, 2.45) is 0 Å². The summed E-state index contributed by atoms with van der Waals surface area (Å²) < 4.78 is 5.89. The summed E-state index contributed by atoms with van der Waals surface area (Å²) in [6.45, 7) is 3.48. The second-order valence-electron chi connectivity index (χ2n) is 5.15. The van der Waals surface area contributed by atoms with E-state index in [-0.39, 0.29) is 5.91 Å². The Bertz CT molecular complexity index is 675. The summed E-state index contributed by atoms with van der Waals surface area (Å²) in [4.78, 5) is 17.0. The Balaban J connectivity index is 1.76. The van der Waals surface area contributed by atoms with Crippen LogP contribution in [-0.4, -0.2) is 53.0 Å². The van der Waals surface area contributed by atoms with Gasteiger partial charge in [-0.05, 0) is 23.8 Å². The number of benzene rings is 1. The molecule has 122 valence electrons. The molecule has 2 aliphatic heterocycles. The molecule has 2 saturated heterocycles. The van der Waals surface area contributed by atoms with Crippen molar-refractivity contribution in [2.75, 3.05) is 33.0 Å². The lowest BCUT2D eigenvalue weighted by Crippen LogP contribution is -2.45. The second-order valence-corrected chi connectivity index (χ2v) is 7.67. The molecule has 0 unspecified atom stereocenters. The molecule has 3 rings (SSSR count). The van der Waals surface area contributed by atoms with Gasteiger partial charge in [-0.3, -0.25) is 14.6 Å². The summed E-state index contributed by atoms with van der Waals surface area (Å²) >= 11 is 18.7. The van der Waals surface area contributed by atoms with Crippen LogP contribution in [0.1, 0.15) is 5.56 Å². The molecule has 23 heavy (non-hydrogen) atoms. The molecular weight excluding hydrogens is 375 g/mol. The van der Waals surface area contributed by atoms with E-state index in [1.807, 2.05) is 0 Å².